The highest BCUT2D eigenvalue weighted by atomic mass is 14.9. The molecule has 2 aliphatic carbocycles. The lowest BCUT2D eigenvalue weighted by molar-refractivity contribution is -0.661. The van der Waals surface area contributed by atoms with Crippen molar-refractivity contribution in [2.75, 3.05) is 0 Å². The first-order valence-electron chi connectivity index (χ1n) is 7.32. The van der Waals surface area contributed by atoms with Gasteiger partial charge >= 0.3 is 0 Å². The molecule has 0 radical (unpaired) electrons. The summed E-state index contributed by atoms with van der Waals surface area (Å²) in [7, 11) is 4.17. The van der Waals surface area contributed by atoms with Crippen LogP contribution in [0.5, 0.6) is 0 Å². The maximum atomic E-state index is 4.17. The van der Waals surface area contributed by atoms with Gasteiger partial charge in [-0.05, 0) is 44.4 Å². The van der Waals surface area contributed by atoms with Crippen molar-refractivity contribution in [2.24, 2.45) is 23.2 Å². The highest BCUT2D eigenvalue weighted by Crippen LogP contribution is 2.52. The zero-order valence-electron chi connectivity index (χ0n) is 12.0. The molecule has 2 aliphatic rings. The third kappa shape index (κ3) is 2.07. The fraction of sp³-hybridized carbons (Fsp3) is 0.812. The predicted molar refractivity (Wildman–Crippen MR) is 73.2 cm³/mol. The molecule has 0 aromatic heterocycles. The molecule has 0 heterocycles. The van der Waals surface area contributed by atoms with Gasteiger partial charge in [-0.3, -0.25) is 0 Å². The van der Waals surface area contributed by atoms with Crippen LogP contribution in [-0.4, -0.2) is 6.04 Å². The van der Waals surface area contributed by atoms with Gasteiger partial charge in [-0.25, -0.2) is 0 Å². The molecule has 98 valence electrons. The summed E-state index contributed by atoms with van der Waals surface area (Å²) >= 11 is 0. The van der Waals surface area contributed by atoms with Gasteiger partial charge in [0.1, 0.15) is 0 Å². The van der Waals surface area contributed by atoms with Crippen LogP contribution < -0.4 is 5.32 Å². The average Bonchev–Trinajstić information content (AvgIpc) is 2.65. The molecule has 0 aliphatic heterocycles. The van der Waals surface area contributed by atoms with Gasteiger partial charge in [-0.2, -0.15) is 7.05 Å². The summed E-state index contributed by atoms with van der Waals surface area (Å²) in [6, 6.07) is 0.698. The molecule has 1 spiro atoms. The Kier molecular flexibility index (Phi) is 3.68. The molecule has 1 heteroatoms. The minimum atomic E-state index is 0.443. The Labute approximate surface area is 107 Å². The van der Waals surface area contributed by atoms with E-state index in [-0.39, 0.29) is 0 Å². The molecule has 1 nitrogen and oxygen atoms in total. The number of quaternary nitrogens is 1. The molecule has 0 bridgehead atoms. The van der Waals surface area contributed by atoms with Crippen molar-refractivity contribution in [1.29, 1.82) is 0 Å². The normalized spacial score (nSPS) is 42.2. The van der Waals surface area contributed by atoms with E-state index in [9.17, 15) is 0 Å². The zero-order valence-corrected chi connectivity index (χ0v) is 12.0. The number of hydrogen-bond acceptors (Lipinski definition) is 0. The molecule has 2 N–H and O–H groups in total. The number of rotatable bonds is 2. The fourth-order valence-electron chi connectivity index (χ4n) is 4.43. The summed E-state index contributed by atoms with van der Waals surface area (Å²) in [5, 5.41) is 2.27. The maximum Gasteiger partial charge on any atom is 0.0746 e. The molecular formula is C16H29N. The summed E-state index contributed by atoms with van der Waals surface area (Å²) in [6.07, 6.45) is 8.07. The SMILES string of the molecule is [CH2-][NH2+][C@@H]1[C@H](C(C)C)CC[C@@H](C)C12C=C(C)CC2. The van der Waals surface area contributed by atoms with Crippen molar-refractivity contribution < 1.29 is 5.32 Å². The van der Waals surface area contributed by atoms with Crippen molar-refractivity contribution in [1.82, 2.24) is 0 Å². The van der Waals surface area contributed by atoms with Gasteiger partial charge in [-0.1, -0.05) is 32.4 Å². The summed E-state index contributed by atoms with van der Waals surface area (Å²) in [6.45, 7) is 9.54. The fourth-order valence-corrected chi connectivity index (χ4v) is 4.43. The lowest BCUT2D eigenvalue weighted by Crippen LogP contribution is -2.90. The molecule has 4 atom stereocenters. The van der Waals surface area contributed by atoms with E-state index >= 15 is 0 Å². The van der Waals surface area contributed by atoms with Gasteiger partial charge in [0.25, 0.3) is 0 Å². The predicted octanol–water partition coefficient (Wildman–Crippen LogP) is 3.14. The maximum absolute atomic E-state index is 4.17. The molecule has 1 fully saturated rings. The minimum absolute atomic E-state index is 0.443. The quantitative estimate of drug-likeness (QED) is 0.559. The van der Waals surface area contributed by atoms with E-state index in [4.69, 9.17) is 0 Å². The molecule has 0 aromatic rings. The Morgan fingerprint density at radius 3 is 2.59 bits per heavy atom. The first-order chi connectivity index (χ1) is 8.01. The van der Waals surface area contributed by atoms with Gasteiger partial charge in [0, 0.05) is 11.3 Å². The topological polar surface area (TPSA) is 16.6 Å². The van der Waals surface area contributed by atoms with Crippen LogP contribution in [-0.2, 0) is 0 Å². The lowest BCUT2D eigenvalue weighted by Gasteiger charge is -2.49. The lowest BCUT2D eigenvalue weighted by atomic mass is 9.58. The van der Waals surface area contributed by atoms with Crippen LogP contribution in [0.1, 0.15) is 53.4 Å². The third-order valence-electron chi connectivity index (χ3n) is 5.51. The van der Waals surface area contributed by atoms with E-state index in [1.54, 1.807) is 5.57 Å². The molecule has 1 unspecified atom stereocenters. The Balaban J connectivity index is 2.33. The second kappa shape index (κ2) is 4.76. The van der Waals surface area contributed by atoms with Crippen molar-refractivity contribution in [3.05, 3.63) is 18.7 Å². The van der Waals surface area contributed by atoms with E-state index in [0.29, 0.717) is 11.5 Å². The van der Waals surface area contributed by atoms with E-state index in [0.717, 1.165) is 17.8 Å². The first kappa shape index (κ1) is 13.1. The largest absolute Gasteiger partial charge is 0.475 e. The first-order valence-corrected chi connectivity index (χ1v) is 7.32. The van der Waals surface area contributed by atoms with Crippen LogP contribution in [0, 0.1) is 30.2 Å². The molecule has 17 heavy (non-hydrogen) atoms. The average molecular weight is 235 g/mol. The number of nitrogens with two attached hydrogens (primary N) is 1. The number of hydrogen-bond donors (Lipinski definition) is 1. The summed E-state index contributed by atoms with van der Waals surface area (Å²) in [5.74, 6) is 2.46. The van der Waals surface area contributed by atoms with Crippen molar-refractivity contribution in [3.63, 3.8) is 0 Å². The van der Waals surface area contributed by atoms with Crippen LogP contribution in [0.3, 0.4) is 0 Å². The van der Waals surface area contributed by atoms with E-state index < -0.39 is 0 Å². The van der Waals surface area contributed by atoms with E-state index in [2.05, 4.69) is 46.1 Å². The molecule has 0 saturated heterocycles. The second-order valence-corrected chi connectivity index (χ2v) is 6.75. The highest BCUT2D eigenvalue weighted by molar-refractivity contribution is 5.20. The highest BCUT2D eigenvalue weighted by Gasteiger charge is 2.51. The van der Waals surface area contributed by atoms with Crippen molar-refractivity contribution in [3.8, 4) is 0 Å². The van der Waals surface area contributed by atoms with Crippen LogP contribution in [0.4, 0.5) is 0 Å². The van der Waals surface area contributed by atoms with Crippen LogP contribution in [0.2, 0.25) is 0 Å². The van der Waals surface area contributed by atoms with E-state index in [1.165, 1.54) is 25.7 Å². The summed E-state index contributed by atoms with van der Waals surface area (Å²) in [4.78, 5) is 0. The van der Waals surface area contributed by atoms with Crippen LogP contribution in [0.25, 0.3) is 0 Å². The monoisotopic (exact) mass is 235 g/mol. The van der Waals surface area contributed by atoms with Crippen molar-refractivity contribution >= 4 is 0 Å². The zero-order chi connectivity index (χ0) is 12.6. The third-order valence-corrected chi connectivity index (χ3v) is 5.51. The van der Waals surface area contributed by atoms with Gasteiger partial charge < -0.3 is 5.32 Å². The smallest absolute Gasteiger partial charge is 0.0746 e. The molecule has 0 amide bonds. The van der Waals surface area contributed by atoms with Gasteiger partial charge in [0.05, 0.1) is 6.04 Å². The van der Waals surface area contributed by atoms with E-state index in [1.807, 2.05) is 0 Å². The minimum Gasteiger partial charge on any atom is -0.475 e. The summed E-state index contributed by atoms with van der Waals surface area (Å²) < 4.78 is 0. The van der Waals surface area contributed by atoms with Gasteiger partial charge in [0.15, 0.2) is 0 Å². The molecular weight excluding hydrogens is 206 g/mol. The Morgan fingerprint density at radius 2 is 2.12 bits per heavy atom. The van der Waals surface area contributed by atoms with Gasteiger partial charge in [-0.15, -0.1) is 0 Å². The standard InChI is InChI=1S/C16H29N/c1-11(2)14-7-6-13(4)16(15(14)17-5)9-8-12(3)10-16/h10-11,13-15H,5-9,17H2,1-4H3/t13-,14+,15-,16?/m1/s1. The Bertz CT molecular complexity index is 305. The van der Waals surface area contributed by atoms with Crippen LogP contribution in [0.15, 0.2) is 11.6 Å². The molecule has 1 saturated carbocycles. The van der Waals surface area contributed by atoms with Crippen molar-refractivity contribution in [2.45, 2.75) is 59.4 Å². The molecule has 2 rings (SSSR count). The Hall–Kier alpha value is -0.300. The molecule has 0 aromatic carbocycles. The summed E-state index contributed by atoms with van der Waals surface area (Å²) in [5.41, 5.74) is 2.05. The second-order valence-electron chi connectivity index (χ2n) is 6.75. The Morgan fingerprint density at radius 1 is 1.41 bits per heavy atom. The van der Waals surface area contributed by atoms with Crippen LogP contribution >= 0.6 is 0 Å². The van der Waals surface area contributed by atoms with Gasteiger partial charge in [0.2, 0.25) is 0 Å². The number of allylic oxidation sites excluding steroid dienone is 1.